The van der Waals surface area contributed by atoms with Crippen molar-refractivity contribution in [2.24, 2.45) is 0 Å². The van der Waals surface area contributed by atoms with E-state index in [1.165, 1.54) is 22.4 Å². The van der Waals surface area contributed by atoms with Gasteiger partial charge in [0, 0.05) is 29.9 Å². The summed E-state index contributed by atoms with van der Waals surface area (Å²) in [6, 6.07) is 4.72. The molecule has 0 saturated carbocycles. The molecule has 1 heterocycles. The van der Waals surface area contributed by atoms with E-state index in [0.717, 1.165) is 32.4 Å². The van der Waals surface area contributed by atoms with E-state index in [4.69, 9.17) is 25.3 Å². The highest BCUT2D eigenvalue weighted by Crippen LogP contribution is 2.48. The number of thiol groups is 2. The molecule has 0 N–H and O–H groups in total. The molecule has 0 spiro atoms. The summed E-state index contributed by atoms with van der Waals surface area (Å²) in [5, 5.41) is 0. The lowest BCUT2D eigenvalue weighted by molar-refractivity contribution is 0.172. The van der Waals surface area contributed by atoms with Crippen LogP contribution in [0.15, 0.2) is 12.1 Å². The van der Waals surface area contributed by atoms with E-state index in [1.54, 1.807) is 0 Å². The topological polar surface area (TPSA) is 6.48 Å². The van der Waals surface area contributed by atoms with Crippen LogP contribution in [0, 0.1) is 0 Å². The van der Waals surface area contributed by atoms with Gasteiger partial charge >= 0.3 is 0 Å². The molecule has 2 nitrogen and oxygen atoms in total. The van der Waals surface area contributed by atoms with E-state index >= 15 is 0 Å². The molecule has 0 aliphatic carbocycles. The minimum absolute atomic E-state index is 0.148. The van der Waals surface area contributed by atoms with Crippen molar-refractivity contribution in [3.63, 3.8) is 0 Å². The van der Waals surface area contributed by atoms with Crippen LogP contribution in [0.25, 0.3) is 0 Å². The highest BCUT2D eigenvalue weighted by Gasteiger charge is 2.40. The van der Waals surface area contributed by atoms with Gasteiger partial charge in [0.1, 0.15) is 0 Å². The Labute approximate surface area is 153 Å². The number of hydrogen-bond acceptors (Lipinski definition) is 4. The largest absolute Gasteiger partial charge is 0.367 e. The maximum atomic E-state index is 4.88. The monoisotopic (exact) mass is 352 g/mol. The number of rotatable bonds is 6. The molecule has 0 aromatic heterocycles. The van der Waals surface area contributed by atoms with Crippen molar-refractivity contribution < 1.29 is 0 Å². The Kier molecular flexibility index (Phi) is 5.70. The van der Waals surface area contributed by atoms with Crippen molar-refractivity contribution >= 4 is 30.9 Å². The van der Waals surface area contributed by atoms with Crippen LogP contribution < -0.4 is 4.90 Å². The maximum absolute atomic E-state index is 4.88. The Bertz CT molecular complexity index is 569. The number of benzene rings is 1. The molecule has 4 heteroatoms. The summed E-state index contributed by atoms with van der Waals surface area (Å²) in [4.78, 5) is 4.82. The van der Waals surface area contributed by atoms with Gasteiger partial charge in [-0.25, -0.2) is 0 Å². The first-order valence-electron chi connectivity index (χ1n) is 8.72. The van der Waals surface area contributed by atoms with Gasteiger partial charge in [-0.1, -0.05) is 26.8 Å². The molecule has 0 radical (unpaired) electrons. The lowest BCUT2D eigenvalue weighted by Crippen LogP contribution is -2.50. The van der Waals surface area contributed by atoms with Gasteiger partial charge in [0.25, 0.3) is 0 Å². The van der Waals surface area contributed by atoms with Crippen molar-refractivity contribution in [3.8, 4) is 0 Å². The highest BCUT2D eigenvalue weighted by atomic mass is 32.2. The highest BCUT2D eigenvalue weighted by molar-refractivity contribution is 7.99. The van der Waals surface area contributed by atoms with Crippen LogP contribution in [0.2, 0.25) is 0 Å². The molecule has 1 aromatic rings. The van der Waals surface area contributed by atoms with Gasteiger partial charge in [-0.3, -0.25) is 0 Å². The maximum Gasteiger partial charge on any atom is 0.0998 e. The molecular formula is C19H32N2S2. The molecule has 0 bridgehead atoms. The van der Waals surface area contributed by atoms with Gasteiger partial charge in [0.05, 0.1) is 4.08 Å². The molecule has 1 atom stereocenters. The lowest BCUT2D eigenvalue weighted by atomic mass is 9.95. The predicted molar refractivity (Wildman–Crippen MR) is 109 cm³/mol. The normalized spacial score (nSPS) is 19.1. The molecule has 1 aliphatic rings. The second-order valence-electron chi connectivity index (χ2n) is 7.26. The summed E-state index contributed by atoms with van der Waals surface area (Å²) in [7, 11) is 4.35. The first-order chi connectivity index (χ1) is 10.7. The van der Waals surface area contributed by atoms with E-state index in [-0.39, 0.29) is 9.62 Å². The second-order valence-corrected chi connectivity index (χ2v) is 9.14. The molecule has 0 amide bonds. The Morgan fingerprint density at radius 2 is 1.70 bits per heavy atom. The zero-order valence-electron chi connectivity index (χ0n) is 15.5. The number of anilines is 1. The fraction of sp³-hybridized carbons (Fsp3) is 0.684. The Morgan fingerprint density at radius 3 is 2.17 bits per heavy atom. The first kappa shape index (κ1) is 19.0. The van der Waals surface area contributed by atoms with Gasteiger partial charge < -0.3 is 9.80 Å². The fourth-order valence-electron chi connectivity index (χ4n) is 3.48. The molecule has 23 heavy (non-hydrogen) atoms. The van der Waals surface area contributed by atoms with E-state index in [2.05, 4.69) is 63.7 Å². The van der Waals surface area contributed by atoms with E-state index in [0.29, 0.717) is 0 Å². The molecule has 2 rings (SSSR count). The number of fused-ring (bicyclic) bond motifs is 1. The van der Waals surface area contributed by atoms with E-state index < -0.39 is 0 Å². The van der Waals surface area contributed by atoms with Crippen LogP contribution in [-0.2, 0) is 16.9 Å². The van der Waals surface area contributed by atoms with Crippen LogP contribution in [-0.4, -0.2) is 37.6 Å². The Morgan fingerprint density at radius 1 is 1.13 bits per heavy atom. The fourth-order valence-corrected chi connectivity index (χ4v) is 4.17. The van der Waals surface area contributed by atoms with Crippen LogP contribution in [0.1, 0.15) is 50.8 Å². The molecule has 0 unspecified atom stereocenters. The lowest BCUT2D eigenvalue weighted by Gasteiger charge is -2.40. The van der Waals surface area contributed by atoms with Crippen molar-refractivity contribution in [2.45, 2.75) is 56.6 Å². The number of hydrogen-bond donors (Lipinski definition) is 2. The quantitative estimate of drug-likeness (QED) is 0.580. The third-order valence-corrected chi connectivity index (χ3v) is 6.40. The molecule has 130 valence electrons. The Hall–Kier alpha value is -0.320. The van der Waals surface area contributed by atoms with Crippen LogP contribution in [0.4, 0.5) is 5.69 Å². The molecular weight excluding hydrogens is 320 g/mol. The van der Waals surface area contributed by atoms with Crippen molar-refractivity contribution in [1.29, 1.82) is 0 Å². The predicted octanol–water partition coefficient (Wildman–Crippen LogP) is 4.37. The molecule has 1 aromatic carbocycles. The molecule has 1 aliphatic heterocycles. The average Bonchev–Trinajstić information content (AvgIpc) is 2.75. The minimum atomic E-state index is -0.369. The summed E-state index contributed by atoms with van der Waals surface area (Å²) in [5.41, 5.74) is 5.64. The zero-order valence-corrected chi connectivity index (χ0v) is 17.3. The third kappa shape index (κ3) is 3.54. The average molecular weight is 353 g/mol. The number of likely N-dealkylation sites (N-methyl/N-ethyl adjacent to an activating group) is 1. The van der Waals surface area contributed by atoms with Gasteiger partial charge in [0.2, 0.25) is 0 Å². The van der Waals surface area contributed by atoms with Crippen LogP contribution in [0.3, 0.4) is 0 Å². The van der Waals surface area contributed by atoms with Gasteiger partial charge in [-0.05, 0) is 57.5 Å². The van der Waals surface area contributed by atoms with Gasteiger partial charge in [-0.2, -0.15) is 25.3 Å². The van der Waals surface area contributed by atoms with Crippen molar-refractivity contribution in [3.05, 3.63) is 28.8 Å². The summed E-state index contributed by atoms with van der Waals surface area (Å²) in [6.07, 6.45) is 3.26. The summed E-state index contributed by atoms with van der Waals surface area (Å²) >= 11 is 9.75. The van der Waals surface area contributed by atoms with Crippen molar-refractivity contribution in [2.75, 3.05) is 32.1 Å². The standard InChI is InChI=1S/C19H32N2S2/c1-7-14-10-16-17(11-15(14)8-2)21(13-19(16,22)23)12-18(4,9-3)20(5)6/h10-11,22-23H,7-9,12-13H2,1-6H3/t18-/m1/s1. The molecule has 0 fully saturated rings. The Balaban J connectivity index is 2.45. The van der Waals surface area contributed by atoms with Gasteiger partial charge in [-0.15, -0.1) is 0 Å². The van der Waals surface area contributed by atoms with Crippen LogP contribution in [0.5, 0.6) is 0 Å². The summed E-state index contributed by atoms with van der Waals surface area (Å²) < 4.78 is -0.369. The van der Waals surface area contributed by atoms with Crippen LogP contribution >= 0.6 is 25.3 Å². The minimum Gasteiger partial charge on any atom is -0.367 e. The number of aryl methyl sites for hydroxylation is 2. The summed E-state index contributed by atoms with van der Waals surface area (Å²) in [5.74, 6) is 0. The molecule has 0 saturated heterocycles. The summed E-state index contributed by atoms with van der Waals surface area (Å²) in [6.45, 7) is 10.9. The third-order valence-electron chi connectivity index (χ3n) is 5.64. The first-order valence-corrected chi connectivity index (χ1v) is 9.61. The zero-order chi connectivity index (χ0) is 17.4. The van der Waals surface area contributed by atoms with Crippen molar-refractivity contribution in [1.82, 2.24) is 4.90 Å². The van der Waals surface area contributed by atoms with Gasteiger partial charge in [0.15, 0.2) is 0 Å². The van der Waals surface area contributed by atoms with E-state index in [9.17, 15) is 0 Å². The van der Waals surface area contributed by atoms with E-state index in [1.807, 2.05) is 0 Å². The smallest absolute Gasteiger partial charge is 0.0998 e. The number of nitrogens with zero attached hydrogens (tertiary/aromatic N) is 2. The second kappa shape index (κ2) is 6.89. The SMILES string of the molecule is CCc1cc2c(cc1CC)C(S)(S)CN2C[C@@](C)(CC)N(C)C.